The average molecular weight is 247 g/mol. The highest BCUT2D eigenvalue weighted by atomic mass is 16.6. The molecule has 2 rings (SSSR count). The van der Waals surface area contributed by atoms with Crippen molar-refractivity contribution in [3.63, 3.8) is 0 Å². The van der Waals surface area contributed by atoms with E-state index in [2.05, 4.69) is 4.98 Å². The summed E-state index contributed by atoms with van der Waals surface area (Å²) in [6.07, 6.45) is 0. The number of benzene rings is 1. The van der Waals surface area contributed by atoms with Gasteiger partial charge in [-0.2, -0.15) is 0 Å². The molecule has 4 nitrogen and oxygen atoms in total. The van der Waals surface area contributed by atoms with Gasteiger partial charge in [-0.15, -0.1) is 0 Å². The molecule has 0 amide bonds. The molecule has 0 aliphatic carbocycles. The molecule has 0 radical (unpaired) electrons. The van der Waals surface area contributed by atoms with Crippen LogP contribution in [-0.4, -0.2) is 23.7 Å². The summed E-state index contributed by atoms with van der Waals surface area (Å²) in [4.78, 5) is 14.9. The number of fused-ring (bicyclic) bond motifs is 1. The molecule has 0 aliphatic heterocycles. The fourth-order valence-corrected chi connectivity index (χ4v) is 1.68. The van der Waals surface area contributed by atoms with Crippen LogP contribution in [0.25, 0.3) is 10.9 Å². The maximum atomic E-state index is 11.9. The molecule has 0 saturated heterocycles. The summed E-state index contributed by atoms with van der Waals surface area (Å²) in [7, 11) is 1.61. The van der Waals surface area contributed by atoms with Crippen LogP contribution >= 0.6 is 0 Å². The third-order valence-electron chi connectivity index (χ3n) is 2.45. The number of nitrogens with one attached hydrogen (secondary N) is 1. The lowest BCUT2D eigenvalue weighted by molar-refractivity contribution is 0.00639. The molecule has 0 fully saturated rings. The minimum atomic E-state index is -0.494. The number of H-pyrrole nitrogens is 1. The topological polar surface area (TPSA) is 51.3 Å². The van der Waals surface area contributed by atoms with Gasteiger partial charge in [-0.05, 0) is 45.0 Å². The fraction of sp³-hybridized carbons (Fsp3) is 0.357. The third kappa shape index (κ3) is 2.64. The Morgan fingerprint density at radius 2 is 1.94 bits per heavy atom. The van der Waals surface area contributed by atoms with Crippen molar-refractivity contribution in [2.45, 2.75) is 26.4 Å². The fourth-order valence-electron chi connectivity index (χ4n) is 1.68. The van der Waals surface area contributed by atoms with E-state index in [1.807, 2.05) is 39.0 Å². The summed E-state index contributed by atoms with van der Waals surface area (Å²) in [6.45, 7) is 5.53. The van der Waals surface area contributed by atoms with Crippen molar-refractivity contribution >= 4 is 16.9 Å². The van der Waals surface area contributed by atoms with Crippen LogP contribution in [0.1, 0.15) is 31.3 Å². The monoisotopic (exact) mass is 247 g/mol. The van der Waals surface area contributed by atoms with Gasteiger partial charge in [0.2, 0.25) is 0 Å². The van der Waals surface area contributed by atoms with E-state index in [1.54, 1.807) is 13.2 Å². The molecule has 1 heterocycles. The van der Waals surface area contributed by atoms with E-state index >= 15 is 0 Å². The van der Waals surface area contributed by atoms with E-state index in [0.717, 1.165) is 16.7 Å². The largest absolute Gasteiger partial charge is 0.497 e. The zero-order chi connectivity index (χ0) is 13.3. The Morgan fingerprint density at radius 3 is 2.56 bits per heavy atom. The Hall–Kier alpha value is -1.97. The summed E-state index contributed by atoms with van der Waals surface area (Å²) in [6, 6.07) is 7.37. The van der Waals surface area contributed by atoms with Gasteiger partial charge in [-0.25, -0.2) is 4.79 Å². The quantitative estimate of drug-likeness (QED) is 0.829. The standard InChI is InChI=1S/C14H17NO3/c1-14(2,3)18-13(16)12-8-9-7-10(17-4)5-6-11(9)15-12/h5-8,15H,1-4H3. The number of rotatable bonds is 2. The first-order valence-electron chi connectivity index (χ1n) is 5.79. The lowest BCUT2D eigenvalue weighted by Gasteiger charge is -2.18. The predicted octanol–water partition coefficient (Wildman–Crippen LogP) is 3.13. The Labute approximate surface area is 106 Å². The number of hydrogen-bond acceptors (Lipinski definition) is 3. The Kier molecular flexibility index (Phi) is 3.03. The predicted molar refractivity (Wildman–Crippen MR) is 70.0 cm³/mol. The molecule has 1 aromatic heterocycles. The molecule has 0 bridgehead atoms. The third-order valence-corrected chi connectivity index (χ3v) is 2.45. The van der Waals surface area contributed by atoms with Crippen LogP contribution in [0.5, 0.6) is 5.75 Å². The van der Waals surface area contributed by atoms with Gasteiger partial charge >= 0.3 is 5.97 Å². The number of methoxy groups -OCH3 is 1. The summed E-state index contributed by atoms with van der Waals surface area (Å²) < 4.78 is 10.5. The number of carbonyl (C=O) groups is 1. The first-order valence-corrected chi connectivity index (χ1v) is 5.79. The van der Waals surface area contributed by atoms with Crippen molar-refractivity contribution in [1.82, 2.24) is 4.98 Å². The first kappa shape index (κ1) is 12.5. The number of aromatic nitrogens is 1. The summed E-state index contributed by atoms with van der Waals surface area (Å²) in [5, 5.41) is 0.926. The Balaban J connectivity index is 2.32. The van der Waals surface area contributed by atoms with Crippen LogP contribution in [0.3, 0.4) is 0 Å². The van der Waals surface area contributed by atoms with Crippen LogP contribution in [0.15, 0.2) is 24.3 Å². The highest BCUT2D eigenvalue weighted by Crippen LogP contribution is 2.22. The highest BCUT2D eigenvalue weighted by Gasteiger charge is 2.19. The molecule has 18 heavy (non-hydrogen) atoms. The van der Waals surface area contributed by atoms with Crippen LogP contribution in [0.4, 0.5) is 0 Å². The van der Waals surface area contributed by atoms with E-state index < -0.39 is 5.60 Å². The zero-order valence-electron chi connectivity index (χ0n) is 11.0. The molecule has 96 valence electrons. The molecule has 2 aromatic rings. The number of hydrogen-bond donors (Lipinski definition) is 1. The molecule has 0 aliphatic rings. The molecule has 0 spiro atoms. The van der Waals surface area contributed by atoms with E-state index in [9.17, 15) is 4.79 Å². The van der Waals surface area contributed by atoms with E-state index in [1.165, 1.54) is 0 Å². The Morgan fingerprint density at radius 1 is 1.22 bits per heavy atom. The number of esters is 1. The van der Waals surface area contributed by atoms with Gasteiger partial charge in [0, 0.05) is 10.9 Å². The molecular weight excluding hydrogens is 230 g/mol. The van der Waals surface area contributed by atoms with Gasteiger partial charge < -0.3 is 14.5 Å². The lowest BCUT2D eigenvalue weighted by atomic mass is 10.2. The van der Waals surface area contributed by atoms with Gasteiger partial charge in [0.15, 0.2) is 0 Å². The van der Waals surface area contributed by atoms with E-state index in [-0.39, 0.29) is 5.97 Å². The van der Waals surface area contributed by atoms with Gasteiger partial charge in [-0.1, -0.05) is 0 Å². The molecule has 4 heteroatoms. The van der Waals surface area contributed by atoms with E-state index in [0.29, 0.717) is 5.69 Å². The Bertz CT molecular complexity index is 578. The smallest absolute Gasteiger partial charge is 0.355 e. The van der Waals surface area contributed by atoms with Crippen LogP contribution in [-0.2, 0) is 4.74 Å². The number of aromatic amines is 1. The van der Waals surface area contributed by atoms with Crippen LogP contribution in [0.2, 0.25) is 0 Å². The zero-order valence-corrected chi connectivity index (χ0v) is 11.0. The van der Waals surface area contributed by atoms with Gasteiger partial charge in [-0.3, -0.25) is 0 Å². The summed E-state index contributed by atoms with van der Waals surface area (Å²) in [5.41, 5.74) is 0.844. The maximum Gasteiger partial charge on any atom is 0.355 e. The molecule has 0 unspecified atom stereocenters. The minimum absolute atomic E-state index is 0.349. The van der Waals surface area contributed by atoms with Gasteiger partial charge in [0.05, 0.1) is 7.11 Å². The first-order chi connectivity index (χ1) is 8.39. The van der Waals surface area contributed by atoms with Crippen molar-refractivity contribution in [2.24, 2.45) is 0 Å². The number of ether oxygens (including phenoxy) is 2. The highest BCUT2D eigenvalue weighted by molar-refractivity contribution is 5.95. The van der Waals surface area contributed by atoms with Crippen LogP contribution < -0.4 is 4.74 Å². The molecule has 0 atom stereocenters. The van der Waals surface area contributed by atoms with Crippen molar-refractivity contribution in [2.75, 3.05) is 7.11 Å². The molecular formula is C14H17NO3. The van der Waals surface area contributed by atoms with Crippen molar-refractivity contribution < 1.29 is 14.3 Å². The molecule has 1 N–H and O–H groups in total. The molecule has 0 saturated carbocycles. The summed E-state index contributed by atoms with van der Waals surface area (Å²) in [5.74, 6) is 0.412. The minimum Gasteiger partial charge on any atom is -0.497 e. The summed E-state index contributed by atoms with van der Waals surface area (Å²) >= 11 is 0. The average Bonchev–Trinajstić information content (AvgIpc) is 2.69. The second-order valence-electron chi connectivity index (χ2n) is 5.14. The lowest BCUT2D eigenvalue weighted by Crippen LogP contribution is -2.24. The second kappa shape index (κ2) is 4.37. The second-order valence-corrected chi connectivity index (χ2v) is 5.14. The van der Waals surface area contributed by atoms with Crippen molar-refractivity contribution in [3.8, 4) is 5.75 Å². The number of carbonyl (C=O) groups excluding carboxylic acids is 1. The SMILES string of the molecule is COc1ccc2[nH]c(C(=O)OC(C)(C)C)cc2c1. The van der Waals surface area contributed by atoms with Crippen molar-refractivity contribution in [1.29, 1.82) is 0 Å². The normalized spacial score (nSPS) is 11.6. The van der Waals surface area contributed by atoms with E-state index in [4.69, 9.17) is 9.47 Å². The van der Waals surface area contributed by atoms with Gasteiger partial charge in [0.25, 0.3) is 0 Å². The van der Waals surface area contributed by atoms with Gasteiger partial charge in [0.1, 0.15) is 17.0 Å². The maximum absolute atomic E-state index is 11.9. The van der Waals surface area contributed by atoms with Crippen LogP contribution in [0, 0.1) is 0 Å². The molecule has 1 aromatic carbocycles. The van der Waals surface area contributed by atoms with Crippen molar-refractivity contribution in [3.05, 3.63) is 30.0 Å².